The van der Waals surface area contributed by atoms with Gasteiger partial charge in [-0.25, -0.2) is 0 Å². The molecule has 1 unspecified atom stereocenters. The van der Waals surface area contributed by atoms with Gasteiger partial charge in [-0.1, -0.05) is 0 Å². The molecule has 0 bridgehead atoms. The van der Waals surface area contributed by atoms with E-state index >= 15 is 0 Å². The smallest absolute Gasteiger partial charge is 0.247 e. The second kappa shape index (κ2) is 4.70. The standard InChI is InChI=1S/C16H18N4O/c1-19-8-3-4-14(19)16-18-17-15(21-16)12-5-6-13-11(10-12)7-9-20(13)2/h5-7,9-10,14H,3-4,8H2,1-2H3. The molecule has 1 aliphatic heterocycles. The molecule has 1 fully saturated rings. The summed E-state index contributed by atoms with van der Waals surface area (Å²) in [7, 11) is 4.15. The summed E-state index contributed by atoms with van der Waals surface area (Å²) in [6, 6.07) is 8.60. The Morgan fingerprint density at radius 3 is 2.90 bits per heavy atom. The molecule has 5 heteroatoms. The van der Waals surface area contributed by atoms with Crippen molar-refractivity contribution in [2.24, 2.45) is 7.05 Å². The lowest BCUT2D eigenvalue weighted by Gasteiger charge is -2.14. The largest absolute Gasteiger partial charge is 0.419 e. The van der Waals surface area contributed by atoms with E-state index in [9.17, 15) is 0 Å². The number of likely N-dealkylation sites (tertiary alicyclic amines) is 1. The maximum atomic E-state index is 5.91. The average molecular weight is 282 g/mol. The van der Waals surface area contributed by atoms with Crippen LogP contribution in [0.2, 0.25) is 0 Å². The van der Waals surface area contributed by atoms with E-state index < -0.39 is 0 Å². The van der Waals surface area contributed by atoms with Crippen molar-refractivity contribution >= 4 is 10.9 Å². The average Bonchev–Trinajstić information content (AvgIpc) is 3.19. The number of nitrogens with zero attached hydrogens (tertiary/aromatic N) is 4. The lowest BCUT2D eigenvalue weighted by Crippen LogP contribution is -2.17. The van der Waals surface area contributed by atoms with Crippen LogP contribution in [-0.4, -0.2) is 33.3 Å². The molecule has 0 amide bonds. The summed E-state index contributed by atoms with van der Waals surface area (Å²) in [5, 5.41) is 9.66. The van der Waals surface area contributed by atoms with Crippen LogP contribution in [-0.2, 0) is 7.05 Å². The van der Waals surface area contributed by atoms with Gasteiger partial charge in [0.25, 0.3) is 0 Å². The molecule has 5 nitrogen and oxygen atoms in total. The predicted molar refractivity (Wildman–Crippen MR) is 80.8 cm³/mol. The minimum atomic E-state index is 0.270. The zero-order valence-corrected chi connectivity index (χ0v) is 12.3. The Morgan fingerprint density at radius 2 is 2.10 bits per heavy atom. The maximum absolute atomic E-state index is 5.91. The van der Waals surface area contributed by atoms with Gasteiger partial charge in [0.15, 0.2) is 0 Å². The number of rotatable bonds is 2. The van der Waals surface area contributed by atoms with Crippen molar-refractivity contribution in [1.29, 1.82) is 0 Å². The normalized spacial score (nSPS) is 19.6. The van der Waals surface area contributed by atoms with E-state index in [2.05, 4.69) is 51.1 Å². The Bertz CT molecular complexity index is 789. The Hall–Kier alpha value is -2.14. The van der Waals surface area contributed by atoms with E-state index in [-0.39, 0.29) is 6.04 Å². The molecule has 0 spiro atoms. The first kappa shape index (κ1) is 12.6. The summed E-state index contributed by atoms with van der Waals surface area (Å²) >= 11 is 0. The zero-order valence-electron chi connectivity index (χ0n) is 12.3. The van der Waals surface area contributed by atoms with Gasteiger partial charge in [-0.15, -0.1) is 10.2 Å². The third kappa shape index (κ3) is 2.05. The molecular weight excluding hydrogens is 264 g/mol. The molecule has 0 radical (unpaired) electrons. The SMILES string of the molecule is CN1CCCC1c1nnc(-c2ccc3c(ccn3C)c2)o1. The van der Waals surface area contributed by atoms with Gasteiger partial charge in [0.1, 0.15) is 0 Å². The molecule has 21 heavy (non-hydrogen) atoms. The van der Waals surface area contributed by atoms with E-state index in [1.807, 2.05) is 13.1 Å². The molecule has 1 aliphatic rings. The van der Waals surface area contributed by atoms with Gasteiger partial charge in [0, 0.05) is 29.7 Å². The summed E-state index contributed by atoms with van der Waals surface area (Å²) in [6.07, 6.45) is 4.34. The van der Waals surface area contributed by atoms with Gasteiger partial charge in [-0.3, -0.25) is 4.90 Å². The van der Waals surface area contributed by atoms with Crippen molar-refractivity contribution in [3.05, 3.63) is 36.4 Å². The Kier molecular flexibility index (Phi) is 2.82. The third-order valence-electron chi connectivity index (χ3n) is 4.38. The van der Waals surface area contributed by atoms with Gasteiger partial charge in [-0.05, 0) is 50.7 Å². The van der Waals surface area contributed by atoms with Gasteiger partial charge in [0.05, 0.1) is 6.04 Å². The minimum Gasteiger partial charge on any atom is -0.419 e. The molecule has 1 aromatic carbocycles. The van der Waals surface area contributed by atoms with Crippen LogP contribution in [0.1, 0.15) is 24.8 Å². The van der Waals surface area contributed by atoms with Crippen molar-refractivity contribution in [3.8, 4) is 11.5 Å². The fourth-order valence-electron chi connectivity index (χ4n) is 3.12. The molecule has 1 atom stereocenters. The molecular formula is C16H18N4O. The maximum Gasteiger partial charge on any atom is 0.247 e. The molecule has 2 aromatic heterocycles. The minimum absolute atomic E-state index is 0.270. The van der Waals surface area contributed by atoms with Crippen LogP contribution in [0, 0.1) is 0 Å². The van der Waals surface area contributed by atoms with E-state index in [0.29, 0.717) is 5.89 Å². The zero-order chi connectivity index (χ0) is 14.4. The number of hydrogen-bond acceptors (Lipinski definition) is 4. The highest BCUT2D eigenvalue weighted by Crippen LogP contribution is 2.31. The van der Waals surface area contributed by atoms with Crippen LogP contribution in [0.4, 0.5) is 0 Å². The Balaban J connectivity index is 1.70. The summed E-state index contributed by atoms with van der Waals surface area (Å²) in [6.45, 7) is 1.10. The van der Waals surface area contributed by atoms with Crippen LogP contribution in [0.5, 0.6) is 0 Å². The summed E-state index contributed by atoms with van der Waals surface area (Å²) in [4.78, 5) is 2.28. The first-order valence-electron chi connectivity index (χ1n) is 7.31. The molecule has 4 rings (SSSR count). The molecule has 3 aromatic rings. The number of fused-ring (bicyclic) bond motifs is 1. The molecule has 0 saturated carbocycles. The van der Waals surface area contributed by atoms with E-state index in [4.69, 9.17) is 4.42 Å². The van der Waals surface area contributed by atoms with Crippen molar-refractivity contribution < 1.29 is 4.42 Å². The quantitative estimate of drug-likeness (QED) is 0.725. The molecule has 108 valence electrons. The molecule has 1 saturated heterocycles. The van der Waals surface area contributed by atoms with Gasteiger partial charge < -0.3 is 8.98 Å². The Labute approximate surface area is 123 Å². The first-order valence-corrected chi connectivity index (χ1v) is 7.31. The van der Waals surface area contributed by atoms with Gasteiger partial charge in [0.2, 0.25) is 11.8 Å². The number of benzene rings is 1. The van der Waals surface area contributed by atoms with Crippen LogP contribution in [0.3, 0.4) is 0 Å². The van der Waals surface area contributed by atoms with Gasteiger partial charge in [-0.2, -0.15) is 0 Å². The number of hydrogen-bond donors (Lipinski definition) is 0. The highest BCUT2D eigenvalue weighted by Gasteiger charge is 2.27. The van der Waals surface area contributed by atoms with Crippen LogP contribution < -0.4 is 0 Å². The fourth-order valence-corrected chi connectivity index (χ4v) is 3.12. The summed E-state index contributed by atoms with van der Waals surface area (Å²) < 4.78 is 8.01. The summed E-state index contributed by atoms with van der Waals surface area (Å²) in [5.41, 5.74) is 2.18. The van der Waals surface area contributed by atoms with Crippen molar-refractivity contribution in [2.75, 3.05) is 13.6 Å². The van der Waals surface area contributed by atoms with Crippen LogP contribution >= 0.6 is 0 Å². The first-order chi connectivity index (χ1) is 10.2. The third-order valence-corrected chi connectivity index (χ3v) is 4.38. The van der Waals surface area contributed by atoms with Crippen molar-refractivity contribution in [3.63, 3.8) is 0 Å². The lowest BCUT2D eigenvalue weighted by molar-refractivity contribution is 0.269. The second-order valence-corrected chi connectivity index (χ2v) is 5.78. The highest BCUT2D eigenvalue weighted by atomic mass is 16.4. The molecule has 3 heterocycles. The van der Waals surface area contributed by atoms with Crippen LogP contribution in [0.15, 0.2) is 34.9 Å². The van der Waals surface area contributed by atoms with E-state index in [1.54, 1.807) is 0 Å². The highest BCUT2D eigenvalue weighted by molar-refractivity contribution is 5.84. The van der Waals surface area contributed by atoms with Crippen LogP contribution in [0.25, 0.3) is 22.4 Å². The van der Waals surface area contributed by atoms with Gasteiger partial charge >= 0.3 is 0 Å². The lowest BCUT2D eigenvalue weighted by atomic mass is 10.1. The number of aryl methyl sites for hydroxylation is 1. The molecule has 0 N–H and O–H groups in total. The number of aromatic nitrogens is 3. The predicted octanol–water partition coefficient (Wildman–Crippen LogP) is 3.00. The van der Waals surface area contributed by atoms with Crippen molar-refractivity contribution in [2.45, 2.75) is 18.9 Å². The monoisotopic (exact) mass is 282 g/mol. The fraction of sp³-hybridized carbons (Fsp3) is 0.375. The van der Waals surface area contributed by atoms with E-state index in [0.717, 1.165) is 24.4 Å². The summed E-state index contributed by atoms with van der Waals surface area (Å²) in [5.74, 6) is 1.34. The topological polar surface area (TPSA) is 47.1 Å². The molecule has 0 aliphatic carbocycles. The van der Waals surface area contributed by atoms with Crippen molar-refractivity contribution in [1.82, 2.24) is 19.7 Å². The second-order valence-electron chi connectivity index (χ2n) is 5.78. The Morgan fingerprint density at radius 1 is 1.19 bits per heavy atom. The van der Waals surface area contributed by atoms with E-state index in [1.165, 1.54) is 17.3 Å².